The fourth-order valence-corrected chi connectivity index (χ4v) is 2.95. The maximum absolute atomic E-state index is 12.3. The summed E-state index contributed by atoms with van der Waals surface area (Å²) in [6, 6.07) is 8.94. The molecular formula is C17H24N2O. The van der Waals surface area contributed by atoms with Crippen molar-refractivity contribution in [2.24, 2.45) is 0 Å². The molecule has 3 heteroatoms. The molecule has 1 heterocycles. The van der Waals surface area contributed by atoms with E-state index in [0.717, 1.165) is 44.2 Å². The fourth-order valence-electron chi connectivity index (χ4n) is 2.95. The van der Waals surface area contributed by atoms with Gasteiger partial charge in [0.15, 0.2) is 5.78 Å². The number of Topliss-reactive ketones (excluding diaryl/α,β-unsaturated/α-hetero) is 1. The minimum absolute atomic E-state index is 0.257. The van der Waals surface area contributed by atoms with Crippen molar-refractivity contribution >= 4 is 5.78 Å². The first kappa shape index (κ1) is 13.8. The Labute approximate surface area is 121 Å². The summed E-state index contributed by atoms with van der Waals surface area (Å²) in [6.45, 7) is 7.05. The van der Waals surface area contributed by atoms with Crippen LogP contribution in [0.3, 0.4) is 0 Å². The zero-order chi connectivity index (χ0) is 13.9. The summed E-state index contributed by atoms with van der Waals surface area (Å²) in [4.78, 5) is 17.2. The van der Waals surface area contributed by atoms with E-state index in [-0.39, 0.29) is 5.78 Å². The number of hydrogen-bond acceptors (Lipinski definition) is 3. The van der Waals surface area contributed by atoms with Gasteiger partial charge in [-0.2, -0.15) is 0 Å². The van der Waals surface area contributed by atoms with E-state index in [1.807, 2.05) is 12.1 Å². The van der Waals surface area contributed by atoms with Gasteiger partial charge in [0.2, 0.25) is 0 Å². The number of benzene rings is 1. The van der Waals surface area contributed by atoms with Gasteiger partial charge in [0.25, 0.3) is 0 Å². The Morgan fingerprint density at radius 2 is 1.75 bits per heavy atom. The van der Waals surface area contributed by atoms with Gasteiger partial charge in [-0.3, -0.25) is 14.6 Å². The Kier molecular flexibility index (Phi) is 4.18. The first-order chi connectivity index (χ1) is 9.76. The zero-order valence-electron chi connectivity index (χ0n) is 12.3. The molecule has 1 aliphatic heterocycles. The highest BCUT2D eigenvalue weighted by Crippen LogP contribution is 2.27. The van der Waals surface area contributed by atoms with Gasteiger partial charge >= 0.3 is 0 Å². The second kappa shape index (κ2) is 6.06. The Morgan fingerprint density at radius 3 is 2.30 bits per heavy atom. The lowest BCUT2D eigenvalue weighted by atomic mass is 10.1. The van der Waals surface area contributed by atoms with Gasteiger partial charge in [-0.05, 0) is 24.8 Å². The van der Waals surface area contributed by atoms with Gasteiger partial charge in [-0.15, -0.1) is 0 Å². The number of carbonyl (C=O) groups excluding carboxylic acids is 1. The number of ketones is 1. The van der Waals surface area contributed by atoms with Crippen LogP contribution < -0.4 is 0 Å². The van der Waals surface area contributed by atoms with Gasteiger partial charge in [-0.25, -0.2) is 0 Å². The summed E-state index contributed by atoms with van der Waals surface area (Å²) in [5, 5.41) is 0. The summed E-state index contributed by atoms with van der Waals surface area (Å²) in [5.41, 5.74) is 2.14. The summed E-state index contributed by atoms with van der Waals surface area (Å²) >= 11 is 0. The third-order valence-corrected chi connectivity index (χ3v) is 4.52. The molecule has 0 radical (unpaired) electrons. The predicted molar refractivity (Wildman–Crippen MR) is 81.2 cm³/mol. The van der Waals surface area contributed by atoms with Crippen molar-refractivity contribution in [3.63, 3.8) is 0 Å². The molecule has 0 atom stereocenters. The van der Waals surface area contributed by atoms with Gasteiger partial charge in [-0.1, -0.05) is 31.2 Å². The maximum Gasteiger partial charge on any atom is 0.176 e. The molecule has 1 aromatic rings. The molecule has 3 nitrogen and oxygen atoms in total. The molecule has 0 amide bonds. The number of aryl methyl sites for hydroxylation is 1. The topological polar surface area (TPSA) is 23.6 Å². The first-order valence-electron chi connectivity index (χ1n) is 7.85. The van der Waals surface area contributed by atoms with Gasteiger partial charge in [0.1, 0.15) is 0 Å². The van der Waals surface area contributed by atoms with Crippen LogP contribution in [-0.4, -0.2) is 54.3 Å². The smallest absolute Gasteiger partial charge is 0.176 e. The lowest BCUT2D eigenvalue weighted by molar-refractivity contribution is 0.0843. The van der Waals surface area contributed by atoms with Crippen LogP contribution in [0.25, 0.3) is 0 Å². The van der Waals surface area contributed by atoms with Crippen molar-refractivity contribution in [1.82, 2.24) is 9.80 Å². The average molecular weight is 272 g/mol. The Morgan fingerprint density at radius 1 is 1.10 bits per heavy atom. The molecule has 3 rings (SSSR count). The third-order valence-electron chi connectivity index (χ3n) is 4.52. The molecular weight excluding hydrogens is 248 g/mol. The van der Waals surface area contributed by atoms with Crippen LogP contribution >= 0.6 is 0 Å². The number of nitrogens with zero attached hydrogens (tertiary/aromatic N) is 2. The quantitative estimate of drug-likeness (QED) is 0.768. The van der Waals surface area contributed by atoms with Crippen molar-refractivity contribution in [2.45, 2.75) is 32.2 Å². The predicted octanol–water partition coefficient (Wildman–Crippen LogP) is 2.21. The normalized spacial score (nSPS) is 21.1. The lowest BCUT2D eigenvalue weighted by Gasteiger charge is -2.34. The standard InChI is InChI=1S/C17H24N2O/c1-2-14-3-5-15(6-4-14)17(20)13-18-9-11-19(12-10-18)16-7-8-16/h3-6,16H,2,7-13H2,1H3. The molecule has 1 saturated heterocycles. The highest BCUT2D eigenvalue weighted by atomic mass is 16.1. The van der Waals surface area contributed by atoms with Gasteiger partial charge < -0.3 is 0 Å². The summed E-state index contributed by atoms with van der Waals surface area (Å²) < 4.78 is 0. The van der Waals surface area contributed by atoms with E-state index in [9.17, 15) is 4.79 Å². The molecule has 1 saturated carbocycles. The minimum Gasteiger partial charge on any atom is -0.298 e. The average Bonchev–Trinajstić information content (AvgIpc) is 3.33. The maximum atomic E-state index is 12.3. The molecule has 0 aromatic heterocycles. The van der Waals surface area contributed by atoms with Crippen molar-refractivity contribution in [3.05, 3.63) is 35.4 Å². The largest absolute Gasteiger partial charge is 0.298 e. The highest BCUT2D eigenvalue weighted by Gasteiger charge is 2.31. The van der Waals surface area contributed by atoms with Crippen molar-refractivity contribution in [1.29, 1.82) is 0 Å². The number of piperazine rings is 1. The first-order valence-corrected chi connectivity index (χ1v) is 7.85. The summed E-state index contributed by atoms with van der Waals surface area (Å²) in [5.74, 6) is 0.257. The zero-order valence-corrected chi connectivity index (χ0v) is 12.3. The molecule has 0 spiro atoms. The van der Waals surface area contributed by atoms with Crippen molar-refractivity contribution in [2.75, 3.05) is 32.7 Å². The van der Waals surface area contributed by atoms with Crippen molar-refractivity contribution < 1.29 is 4.79 Å². The lowest BCUT2D eigenvalue weighted by Crippen LogP contribution is -2.48. The molecule has 0 N–H and O–H groups in total. The fraction of sp³-hybridized carbons (Fsp3) is 0.588. The van der Waals surface area contributed by atoms with Crippen LogP contribution in [-0.2, 0) is 6.42 Å². The van der Waals surface area contributed by atoms with Crippen LogP contribution in [0.5, 0.6) is 0 Å². The van der Waals surface area contributed by atoms with Gasteiger partial charge in [0, 0.05) is 37.8 Å². The third kappa shape index (κ3) is 3.28. The van der Waals surface area contributed by atoms with E-state index < -0.39 is 0 Å². The van der Waals surface area contributed by atoms with E-state index in [4.69, 9.17) is 0 Å². The van der Waals surface area contributed by atoms with Crippen LogP contribution in [0.15, 0.2) is 24.3 Å². The molecule has 108 valence electrons. The minimum atomic E-state index is 0.257. The molecule has 1 aliphatic carbocycles. The number of carbonyl (C=O) groups is 1. The van der Waals surface area contributed by atoms with E-state index in [2.05, 4.69) is 28.9 Å². The summed E-state index contributed by atoms with van der Waals surface area (Å²) in [6.07, 6.45) is 3.78. The molecule has 2 fully saturated rings. The van der Waals surface area contributed by atoms with Crippen molar-refractivity contribution in [3.8, 4) is 0 Å². The number of rotatable bonds is 5. The molecule has 0 unspecified atom stereocenters. The van der Waals surface area contributed by atoms with E-state index >= 15 is 0 Å². The second-order valence-electron chi connectivity index (χ2n) is 6.02. The molecule has 20 heavy (non-hydrogen) atoms. The Balaban J connectivity index is 1.50. The van der Waals surface area contributed by atoms with Crippen LogP contribution in [0.2, 0.25) is 0 Å². The molecule has 0 bridgehead atoms. The van der Waals surface area contributed by atoms with Gasteiger partial charge in [0.05, 0.1) is 6.54 Å². The molecule has 2 aliphatic rings. The van der Waals surface area contributed by atoms with E-state index in [1.54, 1.807) is 0 Å². The second-order valence-corrected chi connectivity index (χ2v) is 6.02. The number of hydrogen-bond donors (Lipinski definition) is 0. The highest BCUT2D eigenvalue weighted by molar-refractivity contribution is 5.97. The summed E-state index contributed by atoms with van der Waals surface area (Å²) in [7, 11) is 0. The van der Waals surface area contributed by atoms with Crippen LogP contribution in [0.4, 0.5) is 0 Å². The van der Waals surface area contributed by atoms with Crippen LogP contribution in [0, 0.1) is 0 Å². The Hall–Kier alpha value is -1.19. The SMILES string of the molecule is CCc1ccc(C(=O)CN2CCN(C3CC3)CC2)cc1. The molecule has 1 aromatic carbocycles. The Bertz CT molecular complexity index is 456. The monoisotopic (exact) mass is 272 g/mol. The van der Waals surface area contributed by atoms with E-state index in [1.165, 1.54) is 18.4 Å². The van der Waals surface area contributed by atoms with Crippen LogP contribution in [0.1, 0.15) is 35.7 Å². The van der Waals surface area contributed by atoms with E-state index in [0.29, 0.717) is 6.54 Å².